The molecule has 1 rings (SSSR count). The van der Waals surface area contributed by atoms with E-state index >= 15 is 0 Å². The zero-order valence-electron chi connectivity index (χ0n) is 21.1. The first-order valence-electron chi connectivity index (χ1n) is 11.7. The average molecular weight is 505 g/mol. The van der Waals surface area contributed by atoms with Crippen molar-refractivity contribution in [1.82, 2.24) is 10.6 Å². The second kappa shape index (κ2) is 17.6. The predicted molar refractivity (Wildman–Crippen MR) is 133 cm³/mol. The van der Waals surface area contributed by atoms with Crippen LogP contribution >= 0.6 is 0 Å². The van der Waals surface area contributed by atoms with Crippen molar-refractivity contribution in [3.05, 3.63) is 59.7 Å². The number of nitrogens with one attached hydrogen (secondary N) is 2. The van der Waals surface area contributed by atoms with Crippen molar-refractivity contribution in [2.24, 2.45) is 0 Å². The van der Waals surface area contributed by atoms with Gasteiger partial charge in [-0.05, 0) is 50.7 Å². The number of rotatable bonds is 16. The first-order chi connectivity index (χ1) is 17.2. The van der Waals surface area contributed by atoms with Crippen LogP contribution in [-0.2, 0) is 41.6 Å². The summed E-state index contributed by atoms with van der Waals surface area (Å²) in [5.41, 5.74) is 2.38. The van der Waals surface area contributed by atoms with Gasteiger partial charge in [0.2, 0.25) is 0 Å². The van der Waals surface area contributed by atoms with E-state index in [2.05, 4.69) is 23.8 Å². The summed E-state index contributed by atoms with van der Waals surface area (Å²) in [6.45, 7) is 11.6. The summed E-state index contributed by atoms with van der Waals surface area (Å²) in [6.07, 6.45) is 1.20. The summed E-state index contributed by atoms with van der Waals surface area (Å²) < 4.78 is 20.1. The molecular weight excluding hydrogens is 468 g/mol. The minimum absolute atomic E-state index is 0.210. The van der Waals surface area contributed by atoms with Gasteiger partial charge in [0.15, 0.2) is 0 Å². The highest BCUT2D eigenvalue weighted by Gasteiger charge is 2.07. The molecule has 0 heterocycles. The van der Waals surface area contributed by atoms with Gasteiger partial charge >= 0.3 is 24.1 Å². The maximum Gasteiger partial charge on any atom is 0.407 e. The van der Waals surface area contributed by atoms with E-state index in [0.717, 1.165) is 11.1 Å². The first-order valence-corrected chi connectivity index (χ1v) is 11.7. The molecule has 0 spiro atoms. The van der Waals surface area contributed by atoms with E-state index in [4.69, 9.17) is 18.9 Å². The standard InChI is InChI=1S/C26H36N2O8/c1-19(2)23(29)33-12-5-7-14-35-25(31)27-17-21-10-9-11-22(16-21)18-28-26(32)36-15-8-6-13-34-24(30)20(3)4/h9-11,16H,1,3,5-8,12-15,17-18H2,2,4H3,(H,27,31)(H,28,32). The van der Waals surface area contributed by atoms with Gasteiger partial charge in [-0.15, -0.1) is 0 Å². The van der Waals surface area contributed by atoms with Crippen molar-refractivity contribution >= 4 is 24.1 Å². The first kappa shape index (κ1) is 30.2. The van der Waals surface area contributed by atoms with E-state index in [1.54, 1.807) is 13.8 Å². The molecule has 10 heteroatoms. The number of carbonyl (C=O) groups is 4. The third-order valence-electron chi connectivity index (χ3n) is 4.57. The number of benzene rings is 1. The Balaban J connectivity index is 2.17. The molecular formula is C26H36N2O8. The van der Waals surface area contributed by atoms with Crippen LogP contribution in [0.3, 0.4) is 0 Å². The lowest BCUT2D eigenvalue weighted by atomic mass is 10.1. The number of hydrogen-bond acceptors (Lipinski definition) is 8. The third kappa shape index (κ3) is 14.4. The largest absolute Gasteiger partial charge is 0.462 e. The minimum Gasteiger partial charge on any atom is -0.462 e. The van der Waals surface area contributed by atoms with Crippen LogP contribution in [0.2, 0.25) is 0 Å². The van der Waals surface area contributed by atoms with Crippen LogP contribution < -0.4 is 10.6 Å². The topological polar surface area (TPSA) is 129 Å². The van der Waals surface area contributed by atoms with Crippen molar-refractivity contribution in [2.75, 3.05) is 26.4 Å². The summed E-state index contributed by atoms with van der Waals surface area (Å²) in [4.78, 5) is 46.2. The highest BCUT2D eigenvalue weighted by atomic mass is 16.6. The molecule has 198 valence electrons. The van der Waals surface area contributed by atoms with Crippen LogP contribution in [0, 0.1) is 0 Å². The third-order valence-corrected chi connectivity index (χ3v) is 4.57. The highest BCUT2D eigenvalue weighted by Crippen LogP contribution is 2.06. The number of esters is 2. The molecule has 0 atom stereocenters. The molecule has 1 aromatic rings. The number of hydrogen-bond donors (Lipinski definition) is 2. The second-order valence-corrected chi connectivity index (χ2v) is 8.05. The zero-order valence-corrected chi connectivity index (χ0v) is 21.1. The van der Waals surface area contributed by atoms with Crippen molar-refractivity contribution in [3.63, 3.8) is 0 Å². The Hall–Kier alpha value is -3.82. The van der Waals surface area contributed by atoms with Crippen molar-refractivity contribution < 1.29 is 38.1 Å². The van der Waals surface area contributed by atoms with E-state index in [9.17, 15) is 19.2 Å². The molecule has 0 aliphatic carbocycles. The van der Waals surface area contributed by atoms with Crippen LogP contribution in [0.5, 0.6) is 0 Å². The molecule has 0 saturated heterocycles. The lowest BCUT2D eigenvalue weighted by Gasteiger charge is -2.10. The average Bonchev–Trinajstić information content (AvgIpc) is 2.85. The fourth-order valence-corrected chi connectivity index (χ4v) is 2.61. The Bertz CT molecular complexity index is 844. The normalized spacial score (nSPS) is 10.1. The maximum absolute atomic E-state index is 11.8. The van der Waals surface area contributed by atoms with E-state index in [0.29, 0.717) is 36.8 Å². The van der Waals surface area contributed by atoms with E-state index < -0.39 is 24.1 Å². The van der Waals surface area contributed by atoms with Gasteiger partial charge in [-0.25, -0.2) is 19.2 Å². The number of alkyl carbamates (subject to hydrolysis) is 2. The molecule has 0 saturated carbocycles. The minimum atomic E-state index is -0.546. The Labute approximate surface area is 212 Å². The lowest BCUT2D eigenvalue weighted by Crippen LogP contribution is -2.25. The second-order valence-electron chi connectivity index (χ2n) is 8.05. The smallest absolute Gasteiger partial charge is 0.407 e. The summed E-state index contributed by atoms with van der Waals surface area (Å²) in [6, 6.07) is 7.37. The molecule has 0 aromatic heterocycles. The van der Waals surface area contributed by atoms with Crippen LogP contribution in [-0.4, -0.2) is 50.6 Å². The Kier molecular flexibility index (Phi) is 14.8. The van der Waals surface area contributed by atoms with Crippen LogP contribution in [0.15, 0.2) is 48.6 Å². The monoisotopic (exact) mass is 504 g/mol. The fraction of sp³-hybridized carbons (Fsp3) is 0.462. The van der Waals surface area contributed by atoms with Gasteiger partial charge in [-0.2, -0.15) is 0 Å². The summed E-state index contributed by atoms with van der Waals surface area (Å²) in [5.74, 6) is -0.863. The molecule has 10 nitrogen and oxygen atoms in total. The Morgan fingerprint density at radius 1 is 0.667 bits per heavy atom. The van der Waals surface area contributed by atoms with E-state index in [1.807, 2.05) is 24.3 Å². The molecule has 0 unspecified atom stereocenters. The Morgan fingerprint density at radius 3 is 1.39 bits per heavy atom. The number of ether oxygens (including phenoxy) is 4. The summed E-state index contributed by atoms with van der Waals surface area (Å²) >= 11 is 0. The quantitative estimate of drug-likeness (QED) is 0.150. The lowest BCUT2D eigenvalue weighted by molar-refractivity contribution is -0.140. The van der Waals surface area contributed by atoms with Crippen molar-refractivity contribution in [3.8, 4) is 0 Å². The Morgan fingerprint density at radius 2 is 1.03 bits per heavy atom. The molecule has 2 amide bonds. The number of carbonyl (C=O) groups excluding carboxylic acids is 4. The molecule has 0 aliphatic heterocycles. The van der Waals surface area contributed by atoms with Gasteiger partial charge in [0, 0.05) is 24.2 Å². The van der Waals surface area contributed by atoms with Gasteiger partial charge in [0.25, 0.3) is 0 Å². The molecule has 0 radical (unpaired) electrons. The number of unbranched alkanes of at least 4 members (excludes halogenated alkanes) is 2. The van der Waals surface area contributed by atoms with Crippen molar-refractivity contribution in [2.45, 2.75) is 52.6 Å². The number of amides is 2. The van der Waals surface area contributed by atoms with Gasteiger partial charge in [-0.3, -0.25) is 0 Å². The summed E-state index contributed by atoms with van der Waals surface area (Å²) in [7, 11) is 0. The maximum atomic E-state index is 11.8. The zero-order chi connectivity index (χ0) is 26.8. The van der Waals surface area contributed by atoms with Crippen LogP contribution in [0.25, 0.3) is 0 Å². The molecule has 0 fully saturated rings. The van der Waals surface area contributed by atoms with E-state index in [-0.39, 0.29) is 39.5 Å². The highest BCUT2D eigenvalue weighted by molar-refractivity contribution is 5.87. The fourth-order valence-electron chi connectivity index (χ4n) is 2.61. The van der Waals surface area contributed by atoms with Crippen LogP contribution in [0.4, 0.5) is 9.59 Å². The van der Waals surface area contributed by atoms with Crippen molar-refractivity contribution in [1.29, 1.82) is 0 Å². The van der Waals surface area contributed by atoms with Gasteiger partial charge in [0.1, 0.15) is 0 Å². The van der Waals surface area contributed by atoms with Crippen LogP contribution in [0.1, 0.15) is 50.7 Å². The van der Waals surface area contributed by atoms with Gasteiger partial charge in [-0.1, -0.05) is 37.4 Å². The SMILES string of the molecule is C=C(C)C(=O)OCCCCOC(=O)NCc1cccc(CNC(=O)OCCCCOC(=O)C(=C)C)c1. The molecule has 36 heavy (non-hydrogen) atoms. The molecule has 0 aliphatic rings. The molecule has 2 N–H and O–H groups in total. The summed E-state index contributed by atoms with van der Waals surface area (Å²) in [5, 5.41) is 5.33. The predicted octanol–water partition coefficient (Wildman–Crippen LogP) is 3.94. The molecule has 0 bridgehead atoms. The van der Waals surface area contributed by atoms with E-state index in [1.165, 1.54) is 0 Å². The van der Waals surface area contributed by atoms with Gasteiger partial charge < -0.3 is 29.6 Å². The van der Waals surface area contributed by atoms with Gasteiger partial charge in [0.05, 0.1) is 26.4 Å². The molecule has 1 aromatic carbocycles.